The molecule has 102 valence electrons. The summed E-state index contributed by atoms with van der Waals surface area (Å²) in [5.74, 6) is -1.45. The summed E-state index contributed by atoms with van der Waals surface area (Å²) < 4.78 is 0. The highest BCUT2D eigenvalue weighted by molar-refractivity contribution is 5.87. The van der Waals surface area contributed by atoms with Gasteiger partial charge in [-0.25, -0.2) is 0 Å². The molecule has 0 radical (unpaired) electrons. The van der Waals surface area contributed by atoms with Crippen LogP contribution < -0.4 is 0 Å². The van der Waals surface area contributed by atoms with Crippen LogP contribution in [0.25, 0.3) is 0 Å². The van der Waals surface area contributed by atoms with Gasteiger partial charge in [-0.1, -0.05) is 19.9 Å². The predicted octanol–water partition coefficient (Wildman–Crippen LogP) is 1.71. The molecule has 0 spiro atoms. The predicted molar refractivity (Wildman–Crippen MR) is 69.3 cm³/mol. The van der Waals surface area contributed by atoms with Gasteiger partial charge in [-0.15, -0.1) is 0 Å². The monoisotopic (exact) mass is 262 g/mol. The minimum absolute atomic E-state index is 0.0588. The lowest BCUT2D eigenvalue weighted by Gasteiger charge is -2.27. The zero-order valence-electron chi connectivity index (χ0n) is 11.1. The van der Waals surface area contributed by atoms with E-state index in [9.17, 15) is 14.7 Å². The van der Waals surface area contributed by atoms with E-state index in [-0.39, 0.29) is 12.3 Å². The van der Waals surface area contributed by atoms with Gasteiger partial charge in [-0.2, -0.15) is 0 Å². The number of carbonyl (C=O) groups is 2. The smallest absolute Gasteiger partial charge is 0.309 e. The van der Waals surface area contributed by atoms with Gasteiger partial charge in [-0.3, -0.25) is 14.6 Å². The molecule has 1 amide bonds. The number of hydrogen-bond donors (Lipinski definition) is 1. The molecule has 0 bridgehead atoms. The van der Waals surface area contributed by atoms with Crippen LogP contribution in [0.1, 0.15) is 32.0 Å². The quantitative estimate of drug-likeness (QED) is 0.896. The third kappa shape index (κ3) is 2.75. The summed E-state index contributed by atoms with van der Waals surface area (Å²) in [6, 6.07) is 4.93. The molecule has 1 aromatic heterocycles. The van der Waals surface area contributed by atoms with Gasteiger partial charge in [0, 0.05) is 19.2 Å². The molecule has 5 nitrogen and oxygen atoms in total. The lowest BCUT2D eigenvalue weighted by molar-refractivity contribution is -0.142. The normalized spacial score (nSPS) is 23.1. The van der Waals surface area contributed by atoms with Crippen molar-refractivity contribution in [3.05, 3.63) is 30.1 Å². The Bertz CT molecular complexity index is 473. The Hall–Kier alpha value is -1.91. The van der Waals surface area contributed by atoms with Crippen molar-refractivity contribution in [2.24, 2.45) is 11.8 Å². The van der Waals surface area contributed by atoms with Gasteiger partial charge in [0.1, 0.15) is 0 Å². The number of nitrogens with zero attached hydrogens (tertiary/aromatic N) is 2. The molecule has 1 N–H and O–H groups in total. The standard InChI is InChI=1S/C14H18N2O3/c1-9(2)8-16-12(17)7-10(14(18)19)13(16)11-5-3-4-6-15-11/h3-6,9-10,13H,7-8H2,1-2H3,(H,18,19). The third-order valence-corrected chi connectivity index (χ3v) is 3.30. The second kappa shape index (κ2) is 5.38. The van der Waals surface area contributed by atoms with Crippen molar-refractivity contribution in [1.29, 1.82) is 0 Å². The van der Waals surface area contributed by atoms with E-state index < -0.39 is 17.9 Å². The van der Waals surface area contributed by atoms with Crippen LogP contribution in [0.2, 0.25) is 0 Å². The lowest BCUT2D eigenvalue weighted by atomic mass is 9.97. The van der Waals surface area contributed by atoms with Gasteiger partial charge in [-0.05, 0) is 18.1 Å². The second-order valence-electron chi connectivity index (χ2n) is 5.29. The van der Waals surface area contributed by atoms with E-state index in [0.717, 1.165) is 0 Å². The maximum atomic E-state index is 12.0. The molecule has 19 heavy (non-hydrogen) atoms. The summed E-state index contributed by atoms with van der Waals surface area (Å²) in [6.45, 7) is 4.58. The van der Waals surface area contributed by atoms with Gasteiger partial charge in [0.15, 0.2) is 0 Å². The van der Waals surface area contributed by atoms with E-state index in [2.05, 4.69) is 4.98 Å². The molecule has 1 aliphatic heterocycles. The summed E-state index contributed by atoms with van der Waals surface area (Å²) in [7, 11) is 0. The average molecular weight is 262 g/mol. The molecule has 2 unspecified atom stereocenters. The molecule has 1 saturated heterocycles. The van der Waals surface area contributed by atoms with Gasteiger partial charge in [0.2, 0.25) is 5.91 Å². The van der Waals surface area contributed by atoms with Crippen LogP contribution in [0.4, 0.5) is 0 Å². The highest BCUT2D eigenvalue weighted by atomic mass is 16.4. The highest BCUT2D eigenvalue weighted by Gasteiger charge is 2.45. The van der Waals surface area contributed by atoms with E-state index >= 15 is 0 Å². The number of hydrogen-bond acceptors (Lipinski definition) is 3. The first-order valence-corrected chi connectivity index (χ1v) is 6.44. The Morgan fingerprint density at radius 3 is 2.79 bits per heavy atom. The maximum absolute atomic E-state index is 12.0. The molecule has 2 heterocycles. The summed E-state index contributed by atoms with van der Waals surface area (Å²) in [4.78, 5) is 29.3. The van der Waals surface area contributed by atoms with E-state index in [0.29, 0.717) is 18.2 Å². The summed E-state index contributed by atoms with van der Waals surface area (Å²) >= 11 is 0. The van der Waals surface area contributed by atoms with Crippen molar-refractivity contribution < 1.29 is 14.7 Å². The zero-order valence-corrected chi connectivity index (χ0v) is 11.1. The summed E-state index contributed by atoms with van der Waals surface area (Å²) in [5.41, 5.74) is 0.654. The number of pyridine rings is 1. The average Bonchev–Trinajstić information content (AvgIpc) is 2.68. The molecule has 0 aromatic carbocycles. The fourth-order valence-electron chi connectivity index (χ4n) is 2.54. The minimum atomic E-state index is -0.935. The van der Waals surface area contributed by atoms with Crippen LogP contribution in [0, 0.1) is 11.8 Å². The van der Waals surface area contributed by atoms with Crippen molar-refractivity contribution in [2.45, 2.75) is 26.3 Å². The number of amides is 1. The van der Waals surface area contributed by atoms with E-state index in [1.807, 2.05) is 19.9 Å². The van der Waals surface area contributed by atoms with Crippen molar-refractivity contribution in [2.75, 3.05) is 6.54 Å². The summed E-state index contributed by atoms with van der Waals surface area (Å²) in [6.07, 6.45) is 1.69. The first kappa shape index (κ1) is 13.5. The molecule has 2 rings (SSSR count). The molecule has 0 saturated carbocycles. The Balaban J connectivity index is 2.36. The SMILES string of the molecule is CC(C)CN1C(=O)CC(C(=O)O)C1c1ccccn1. The van der Waals surface area contributed by atoms with Gasteiger partial charge in [0.05, 0.1) is 17.7 Å². The van der Waals surface area contributed by atoms with Crippen LogP contribution in [-0.2, 0) is 9.59 Å². The van der Waals surface area contributed by atoms with Crippen LogP contribution in [0.15, 0.2) is 24.4 Å². The van der Waals surface area contributed by atoms with Crippen molar-refractivity contribution in [3.63, 3.8) is 0 Å². The number of aromatic nitrogens is 1. The third-order valence-electron chi connectivity index (χ3n) is 3.30. The molecule has 5 heteroatoms. The molecular formula is C14H18N2O3. The molecule has 1 aromatic rings. The Morgan fingerprint density at radius 1 is 1.53 bits per heavy atom. The largest absolute Gasteiger partial charge is 0.481 e. The number of carboxylic acids is 1. The minimum Gasteiger partial charge on any atom is -0.481 e. The molecular weight excluding hydrogens is 244 g/mol. The maximum Gasteiger partial charge on any atom is 0.309 e. The van der Waals surface area contributed by atoms with Crippen molar-refractivity contribution in [1.82, 2.24) is 9.88 Å². The van der Waals surface area contributed by atoms with Crippen molar-refractivity contribution in [3.8, 4) is 0 Å². The second-order valence-corrected chi connectivity index (χ2v) is 5.29. The lowest BCUT2D eigenvalue weighted by Crippen LogP contribution is -2.34. The first-order valence-electron chi connectivity index (χ1n) is 6.44. The number of aliphatic carboxylic acids is 1. The fourth-order valence-corrected chi connectivity index (χ4v) is 2.54. The van der Waals surface area contributed by atoms with Crippen LogP contribution in [0.5, 0.6) is 0 Å². The first-order chi connectivity index (χ1) is 9.00. The molecule has 1 fully saturated rings. The molecule has 1 aliphatic rings. The number of likely N-dealkylation sites (tertiary alicyclic amines) is 1. The fraction of sp³-hybridized carbons (Fsp3) is 0.500. The highest BCUT2D eigenvalue weighted by Crippen LogP contribution is 2.37. The zero-order chi connectivity index (χ0) is 14.0. The molecule has 2 atom stereocenters. The number of carbonyl (C=O) groups excluding carboxylic acids is 1. The van der Waals surface area contributed by atoms with Crippen LogP contribution in [-0.4, -0.2) is 33.4 Å². The van der Waals surface area contributed by atoms with Crippen LogP contribution >= 0.6 is 0 Å². The van der Waals surface area contributed by atoms with Crippen LogP contribution in [0.3, 0.4) is 0 Å². The topological polar surface area (TPSA) is 70.5 Å². The molecule has 0 aliphatic carbocycles. The van der Waals surface area contributed by atoms with E-state index in [1.165, 1.54) is 0 Å². The summed E-state index contributed by atoms with van der Waals surface area (Å²) in [5, 5.41) is 9.31. The van der Waals surface area contributed by atoms with E-state index in [1.54, 1.807) is 23.2 Å². The number of rotatable bonds is 4. The Kier molecular flexibility index (Phi) is 3.83. The Labute approximate surface area is 112 Å². The number of carboxylic acid groups (broad SMARTS) is 1. The van der Waals surface area contributed by atoms with Crippen molar-refractivity contribution >= 4 is 11.9 Å². The van der Waals surface area contributed by atoms with Gasteiger partial charge < -0.3 is 10.0 Å². The van der Waals surface area contributed by atoms with Gasteiger partial charge in [0.25, 0.3) is 0 Å². The van der Waals surface area contributed by atoms with Gasteiger partial charge >= 0.3 is 5.97 Å². The Morgan fingerprint density at radius 2 is 2.26 bits per heavy atom. The van der Waals surface area contributed by atoms with E-state index in [4.69, 9.17) is 0 Å².